The van der Waals surface area contributed by atoms with Gasteiger partial charge in [-0.25, -0.2) is 12.7 Å². The number of benzene rings is 1. The highest BCUT2D eigenvalue weighted by Gasteiger charge is 2.20. The van der Waals surface area contributed by atoms with E-state index < -0.39 is 10.0 Å². The van der Waals surface area contributed by atoms with Crippen LogP contribution in [-0.2, 0) is 16.4 Å². The van der Waals surface area contributed by atoms with E-state index in [0.29, 0.717) is 17.9 Å². The SMILES string of the molecule is CNc1ccc(S(=O)(=O)N(C)CCc2ccncc2)cc1. The molecule has 0 aliphatic heterocycles. The standard InChI is InChI=1S/C15H19N3O2S/c1-16-14-3-5-15(6-4-14)21(19,20)18(2)12-9-13-7-10-17-11-8-13/h3-8,10-11,16H,9,12H2,1-2H3. The first-order chi connectivity index (χ1) is 10.0. The summed E-state index contributed by atoms with van der Waals surface area (Å²) < 4.78 is 26.3. The summed E-state index contributed by atoms with van der Waals surface area (Å²) >= 11 is 0. The number of sulfonamides is 1. The molecule has 1 aromatic carbocycles. The highest BCUT2D eigenvalue weighted by Crippen LogP contribution is 2.17. The molecule has 5 nitrogen and oxygen atoms in total. The number of hydrogen-bond acceptors (Lipinski definition) is 4. The maximum atomic E-state index is 12.4. The third-order valence-corrected chi connectivity index (χ3v) is 5.19. The summed E-state index contributed by atoms with van der Waals surface area (Å²) in [4.78, 5) is 4.25. The molecule has 0 aliphatic carbocycles. The van der Waals surface area contributed by atoms with Gasteiger partial charge in [0.25, 0.3) is 0 Å². The van der Waals surface area contributed by atoms with E-state index >= 15 is 0 Å². The van der Waals surface area contributed by atoms with E-state index in [1.54, 1.807) is 50.8 Å². The highest BCUT2D eigenvalue weighted by molar-refractivity contribution is 7.89. The third-order valence-electron chi connectivity index (χ3n) is 3.32. The van der Waals surface area contributed by atoms with Crippen LogP contribution in [0.25, 0.3) is 0 Å². The van der Waals surface area contributed by atoms with Gasteiger partial charge in [0, 0.05) is 38.7 Å². The molecule has 0 amide bonds. The summed E-state index contributed by atoms with van der Waals surface area (Å²) in [6, 6.07) is 10.5. The van der Waals surface area contributed by atoms with Crippen molar-refractivity contribution < 1.29 is 8.42 Å². The summed E-state index contributed by atoms with van der Waals surface area (Å²) in [6.07, 6.45) is 4.08. The second-order valence-electron chi connectivity index (χ2n) is 4.71. The molecule has 0 radical (unpaired) electrons. The lowest BCUT2D eigenvalue weighted by Crippen LogP contribution is -2.29. The van der Waals surface area contributed by atoms with Gasteiger partial charge in [-0.1, -0.05) is 0 Å². The van der Waals surface area contributed by atoms with E-state index in [9.17, 15) is 8.42 Å². The third kappa shape index (κ3) is 3.80. The molecule has 0 saturated carbocycles. The zero-order valence-electron chi connectivity index (χ0n) is 12.2. The van der Waals surface area contributed by atoms with Crippen LogP contribution in [0.1, 0.15) is 5.56 Å². The summed E-state index contributed by atoms with van der Waals surface area (Å²) in [6.45, 7) is 0.431. The minimum Gasteiger partial charge on any atom is -0.388 e. The average molecular weight is 305 g/mol. The van der Waals surface area contributed by atoms with Crippen LogP contribution in [0.4, 0.5) is 5.69 Å². The minimum absolute atomic E-state index is 0.304. The van der Waals surface area contributed by atoms with Gasteiger partial charge in [-0.05, 0) is 48.4 Å². The number of pyridine rings is 1. The topological polar surface area (TPSA) is 62.3 Å². The number of anilines is 1. The Hall–Kier alpha value is -1.92. The van der Waals surface area contributed by atoms with Crippen LogP contribution in [-0.4, -0.2) is 38.3 Å². The molecule has 6 heteroatoms. The van der Waals surface area contributed by atoms with Gasteiger partial charge < -0.3 is 5.32 Å². The monoisotopic (exact) mass is 305 g/mol. The molecule has 2 aromatic rings. The molecule has 0 atom stereocenters. The quantitative estimate of drug-likeness (QED) is 0.886. The molecule has 0 unspecified atom stereocenters. The molecule has 1 heterocycles. The minimum atomic E-state index is -3.44. The highest BCUT2D eigenvalue weighted by atomic mass is 32.2. The van der Waals surface area contributed by atoms with Crippen LogP contribution >= 0.6 is 0 Å². The van der Waals surface area contributed by atoms with Crippen molar-refractivity contribution in [1.29, 1.82) is 0 Å². The molecule has 112 valence electrons. The fourth-order valence-corrected chi connectivity index (χ4v) is 3.10. The average Bonchev–Trinajstić information content (AvgIpc) is 2.53. The largest absolute Gasteiger partial charge is 0.388 e. The molecule has 1 aromatic heterocycles. The summed E-state index contributed by atoms with van der Waals surface area (Å²) in [7, 11) is -0.0485. The Morgan fingerprint density at radius 1 is 1.10 bits per heavy atom. The predicted molar refractivity (Wildman–Crippen MR) is 83.7 cm³/mol. The van der Waals surface area contributed by atoms with Crippen molar-refractivity contribution in [2.24, 2.45) is 0 Å². The smallest absolute Gasteiger partial charge is 0.242 e. The fourth-order valence-electron chi connectivity index (χ4n) is 1.93. The van der Waals surface area contributed by atoms with Crippen LogP contribution in [0, 0.1) is 0 Å². The second kappa shape index (κ2) is 6.69. The number of nitrogens with one attached hydrogen (secondary N) is 1. The first-order valence-electron chi connectivity index (χ1n) is 6.67. The first-order valence-corrected chi connectivity index (χ1v) is 8.11. The van der Waals surface area contributed by atoms with Gasteiger partial charge in [-0.3, -0.25) is 4.98 Å². The van der Waals surface area contributed by atoms with Crippen LogP contribution in [0.2, 0.25) is 0 Å². The maximum absolute atomic E-state index is 12.4. The maximum Gasteiger partial charge on any atom is 0.242 e. The van der Waals surface area contributed by atoms with Crippen molar-refractivity contribution in [2.75, 3.05) is 26.0 Å². The van der Waals surface area contributed by atoms with Crippen molar-refractivity contribution in [2.45, 2.75) is 11.3 Å². The zero-order valence-corrected chi connectivity index (χ0v) is 13.0. The lowest BCUT2D eigenvalue weighted by Gasteiger charge is -2.17. The van der Waals surface area contributed by atoms with Crippen molar-refractivity contribution in [3.63, 3.8) is 0 Å². The Morgan fingerprint density at radius 2 is 1.71 bits per heavy atom. The Labute approximate surface area is 125 Å². The van der Waals surface area contributed by atoms with Crippen molar-refractivity contribution >= 4 is 15.7 Å². The molecule has 2 rings (SSSR count). The number of likely N-dealkylation sites (N-methyl/N-ethyl adjacent to an activating group) is 1. The van der Waals surface area contributed by atoms with Gasteiger partial charge in [0.2, 0.25) is 10.0 Å². The Kier molecular flexibility index (Phi) is 4.93. The molecule has 1 N–H and O–H groups in total. The van der Waals surface area contributed by atoms with Crippen LogP contribution in [0.3, 0.4) is 0 Å². The van der Waals surface area contributed by atoms with Crippen LogP contribution in [0.5, 0.6) is 0 Å². The van der Waals surface area contributed by atoms with Crippen molar-refractivity contribution in [3.8, 4) is 0 Å². The molecular formula is C15H19N3O2S. The molecule has 0 saturated heterocycles. The first kappa shape index (κ1) is 15.5. The second-order valence-corrected chi connectivity index (χ2v) is 6.75. The molecule has 0 spiro atoms. The van der Waals surface area contributed by atoms with Gasteiger partial charge in [0.1, 0.15) is 0 Å². The van der Waals surface area contributed by atoms with E-state index in [-0.39, 0.29) is 0 Å². The number of aromatic nitrogens is 1. The van der Waals surface area contributed by atoms with E-state index in [1.807, 2.05) is 12.1 Å². The molecule has 0 aliphatic rings. The van der Waals surface area contributed by atoms with E-state index in [0.717, 1.165) is 11.3 Å². The van der Waals surface area contributed by atoms with Crippen LogP contribution < -0.4 is 5.32 Å². The lowest BCUT2D eigenvalue weighted by atomic mass is 10.2. The zero-order chi connectivity index (χ0) is 15.3. The van der Waals surface area contributed by atoms with Crippen molar-refractivity contribution in [1.82, 2.24) is 9.29 Å². The van der Waals surface area contributed by atoms with E-state index in [4.69, 9.17) is 0 Å². The van der Waals surface area contributed by atoms with Crippen molar-refractivity contribution in [3.05, 3.63) is 54.4 Å². The van der Waals surface area contributed by atoms with Gasteiger partial charge >= 0.3 is 0 Å². The fraction of sp³-hybridized carbons (Fsp3) is 0.267. The Bertz CT molecular complexity index is 670. The van der Waals surface area contributed by atoms with Gasteiger partial charge in [0.05, 0.1) is 4.90 Å². The van der Waals surface area contributed by atoms with Gasteiger partial charge in [-0.15, -0.1) is 0 Å². The number of rotatable bonds is 6. The lowest BCUT2D eigenvalue weighted by molar-refractivity contribution is 0.472. The number of hydrogen-bond donors (Lipinski definition) is 1. The summed E-state index contributed by atoms with van der Waals surface area (Å²) in [5.41, 5.74) is 1.95. The Balaban J connectivity index is 2.07. The summed E-state index contributed by atoms with van der Waals surface area (Å²) in [5.74, 6) is 0. The molecular weight excluding hydrogens is 286 g/mol. The predicted octanol–water partition coefficient (Wildman–Crippen LogP) is 1.99. The van der Waals surface area contributed by atoms with E-state index in [2.05, 4.69) is 10.3 Å². The van der Waals surface area contributed by atoms with Gasteiger partial charge in [-0.2, -0.15) is 0 Å². The Morgan fingerprint density at radius 3 is 2.29 bits per heavy atom. The summed E-state index contributed by atoms with van der Waals surface area (Å²) in [5, 5.41) is 2.97. The normalized spacial score (nSPS) is 11.6. The van der Waals surface area contributed by atoms with Crippen LogP contribution in [0.15, 0.2) is 53.7 Å². The van der Waals surface area contributed by atoms with E-state index in [1.165, 1.54) is 4.31 Å². The molecule has 21 heavy (non-hydrogen) atoms. The van der Waals surface area contributed by atoms with Gasteiger partial charge in [0.15, 0.2) is 0 Å². The number of nitrogens with zero attached hydrogens (tertiary/aromatic N) is 2. The molecule has 0 fully saturated rings. The molecule has 0 bridgehead atoms.